The van der Waals surface area contributed by atoms with Crippen LogP contribution in [0.2, 0.25) is 0 Å². The summed E-state index contributed by atoms with van der Waals surface area (Å²) < 4.78 is 2.34. The quantitative estimate of drug-likeness (QED) is 0.758. The third-order valence-electron chi connectivity index (χ3n) is 5.35. The average molecular weight is 349 g/mol. The Morgan fingerprint density at radius 1 is 1.15 bits per heavy atom. The van der Waals surface area contributed by atoms with Gasteiger partial charge in [-0.05, 0) is 25.3 Å². The summed E-state index contributed by atoms with van der Waals surface area (Å²) in [6, 6.07) is 11.3. The van der Waals surface area contributed by atoms with E-state index in [-0.39, 0.29) is 0 Å². The molecule has 3 heterocycles. The summed E-state index contributed by atoms with van der Waals surface area (Å²) in [6.45, 7) is 7.50. The molecule has 1 aliphatic rings. The van der Waals surface area contributed by atoms with Crippen molar-refractivity contribution < 1.29 is 0 Å². The molecule has 1 fully saturated rings. The summed E-state index contributed by atoms with van der Waals surface area (Å²) in [5.74, 6) is 2.03. The molecule has 0 radical (unpaired) electrons. The van der Waals surface area contributed by atoms with Gasteiger partial charge in [0, 0.05) is 50.2 Å². The van der Waals surface area contributed by atoms with Crippen LogP contribution in [0, 0.1) is 6.92 Å². The average Bonchev–Trinajstić information content (AvgIpc) is 3.29. The Bertz CT molecular complexity index is 840. The second-order valence-electron chi connectivity index (χ2n) is 7.16. The lowest BCUT2D eigenvalue weighted by Gasteiger charge is -2.33. The van der Waals surface area contributed by atoms with Crippen LogP contribution < -0.4 is 0 Å². The number of hydrogen-bond acceptors (Lipinski definition) is 3. The number of nitrogens with zero attached hydrogens (tertiary/aromatic N) is 4. The van der Waals surface area contributed by atoms with Crippen molar-refractivity contribution in [1.82, 2.24) is 24.4 Å². The maximum atomic E-state index is 4.75. The first kappa shape index (κ1) is 17.0. The Morgan fingerprint density at radius 2 is 1.92 bits per heavy atom. The van der Waals surface area contributed by atoms with E-state index in [4.69, 9.17) is 4.98 Å². The first-order chi connectivity index (χ1) is 12.7. The summed E-state index contributed by atoms with van der Waals surface area (Å²) in [6.07, 6.45) is 7.25. The predicted molar refractivity (Wildman–Crippen MR) is 104 cm³/mol. The number of likely N-dealkylation sites (tertiary alicyclic amines) is 1. The van der Waals surface area contributed by atoms with Crippen molar-refractivity contribution in [1.29, 1.82) is 0 Å². The van der Waals surface area contributed by atoms with Gasteiger partial charge in [-0.25, -0.2) is 9.97 Å². The van der Waals surface area contributed by atoms with E-state index < -0.39 is 0 Å². The molecule has 5 nitrogen and oxygen atoms in total. The van der Waals surface area contributed by atoms with Gasteiger partial charge in [-0.1, -0.05) is 37.3 Å². The molecule has 136 valence electrons. The summed E-state index contributed by atoms with van der Waals surface area (Å²) in [4.78, 5) is 15.3. The number of rotatable bonds is 5. The molecule has 0 bridgehead atoms. The Labute approximate surface area is 155 Å². The van der Waals surface area contributed by atoms with Crippen molar-refractivity contribution in [3.05, 3.63) is 59.8 Å². The zero-order chi connectivity index (χ0) is 17.9. The van der Waals surface area contributed by atoms with Crippen molar-refractivity contribution in [3.63, 3.8) is 0 Å². The van der Waals surface area contributed by atoms with Crippen molar-refractivity contribution in [2.24, 2.45) is 0 Å². The number of imidazole rings is 2. The summed E-state index contributed by atoms with van der Waals surface area (Å²) in [5.41, 5.74) is 3.50. The van der Waals surface area contributed by atoms with Crippen molar-refractivity contribution >= 4 is 0 Å². The lowest BCUT2D eigenvalue weighted by atomic mass is 10.0. The third-order valence-corrected chi connectivity index (χ3v) is 5.35. The minimum Gasteiger partial charge on any atom is -0.345 e. The van der Waals surface area contributed by atoms with E-state index in [0.717, 1.165) is 61.9 Å². The van der Waals surface area contributed by atoms with Crippen LogP contribution in [0.1, 0.15) is 42.9 Å². The predicted octanol–water partition coefficient (Wildman–Crippen LogP) is 3.98. The van der Waals surface area contributed by atoms with E-state index in [0.29, 0.717) is 6.04 Å². The van der Waals surface area contributed by atoms with Crippen LogP contribution >= 0.6 is 0 Å². The molecule has 1 aliphatic heterocycles. The first-order valence-corrected chi connectivity index (χ1v) is 9.59. The molecule has 2 aromatic heterocycles. The SMILES string of the molecule is CCc1nc(-c2nccn2C2CCN(Cc3ccccc3)CC2)c(C)[nH]1. The van der Waals surface area contributed by atoms with Gasteiger partial charge in [0.15, 0.2) is 5.82 Å². The molecular weight excluding hydrogens is 322 g/mol. The number of aromatic amines is 1. The van der Waals surface area contributed by atoms with Gasteiger partial charge in [0.25, 0.3) is 0 Å². The van der Waals surface area contributed by atoms with Gasteiger partial charge in [0.05, 0.1) is 0 Å². The molecule has 0 aliphatic carbocycles. The van der Waals surface area contributed by atoms with E-state index in [1.807, 2.05) is 6.20 Å². The Morgan fingerprint density at radius 3 is 2.62 bits per heavy atom. The third kappa shape index (κ3) is 3.44. The Hall–Kier alpha value is -2.40. The minimum absolute atomic E-state index is 0.501. The topological polar surface area (TPSA) is 49.7 Å². The lowest BCUT2D eigenvalue weighted by molar-refractivity contribution is 0.180. The number of H-pyrrole nitrogens is 1. The molecule has 1 aromatic carbocycles. The van der Waals surface area contributed by atoms with Crippen LogP contribution in [-0.4, -0.2) is 37.5 Å². The minimum atomic E-state index is 0.501. The maximum absolute atomic E-state index is 4.75. The fourth-order valence-electron chi connectivity index (χ4n) is 3.90. The summed E-state index contributed by atoms with van der Waals surface area (Å²) in [5, 5.41) is 0. The second-order valence-corrected chi connectivity index (χ2v) is 7.16. The molecule has 1 saturated heterocycles. The molecule has 0 atom stereocenters. The smallest absolute Gasteiger partial charge is 0.160 e. The monoisotopic (exact) mass is 349 g/mol. The molecule has 1 N–H and O–H groups in total. The molecule has 5 heteroatoms. The zero-order valence-electron chi connectivity index (χ0n) is 15.7. The van der Waals surface area contributed by atoms with Gasteiger partial charge >= 0.3 is 0 Å². The zero-order valence-corrected chi connectivity index (χ0v) is 15.7. The fraction of sp³-hybridized carbons (Fsp3) is 0.429. The van der Waals surface area contributed by atoms with E-state index >= 15 is 0 Å². The Balaban J connectivity index is 1.45. The van der Waals surface area contributed by atoms with E-state index in [1.54, 1.807) is 0 Å². The van der Waals surface area contributed by atoms with Crippen LogP contribution in [0.3, 0.4) is 0 Å². The largest absolute Gasteiger partial charge is 0.345 e. The van der Waals surface area contributed by atoms with E-state index in [1.165, 1.54) is 5.56 Å². The normalized spacial score (nSPS) is 16.2. The molecule has 0 amide bonds. The molecule has 4 rings (SSSR count). The Kier molecular flexibility index (Phi) is 4.89. The van der Waals surface area contributed by atoms with Crippen LogP contribution in [-0.2, 0) is 13.0 Å². The molecule has 0 spiro atoms. The molecular formula is C21H27N5. The number of hydrogen-bond donors (Lipinski definition) is 1. The van der Waals surface area contributed by atoms with Crippen molar-refractivity contribution in [2.75, 3.05) is 13.1 Å². The highest BCUT2D eigenvalue weighted by atomic mass is 15.2. The molecule has 3 aromatic rings. The number of piperidine rings is 1. The first-order valence-electron chi connectivity index (χ1n) is 9.59. The van der Waals surface area contributed by atoms with Crippen LogP contribution in [0.4, 0.5) is 0 Å². The van der Waals surface area contributed by atoms with Gasteiger partial charge < -0.3 is 9.55 Å². The van der Waals surface area contributed by atoms with Crippen molar-refractivity contribution in [2.45, 2.75) is 45.7 Å². The highest BCUT2D eigenvalue weighted by Crippen LogP contribution is 2.29. The van der Waals surface area contributed by atoms with Crippen molar-refractivity contribution in [3.8, 4) is 11.5 Å². The maximum Gasteiger partial charge on any atom is 0.160 e. The highest BCUT2D eigenvalue weighted by Gasteiger charge is 2.24. The molecule has 26 heavy (non-hydrogen) atoms. The number of nitrogens with one attached hydrogen (secondary N) is 1. The van der Waals surface area contributed by atoms with E-state index in [2.05, 4.69) is 69.8 Å². The lowest BCUT2D eigenvalue weighted by Crippen LogP contribution is -2.34. The van der Waals surface area contributed by atoms with Crippen LogP contribution in [0.25, 0.3) is 11.5 Å². The molecule has 0 saturated carbocycles. The fourth-order valence-corrected chi connectivity index (χ4v) is 3.90. The van der Waals surface area contributed by atoms with Crippen LogP contribution in [0.15, 0.2) is 42.7 Å². The number of benzene rings is 1. The van der Waals surface area contributed by atoms with Gasteiger partial charge in [0.1, 0.15) is 11.5 Å². The standard InChI is InChI=1S/C21H27N5/c1-3-19-23-16(2)20(24-19)21-22-11-14-26(21)18-9-12-25(13-10-18)15-17-7-5-4-6-8-17/h4-8,11,14,18H,3,9-10,12-13,15H2,1-2H3,(H,23,24). The van der Waals surface area contributed by atoms with Gasteiger partial charge in [-0.3, -0.25) is 4.90 Å². The second kappa shape index (κ2) is 7.46. The molecule has 0 unspecified atom stereocenters. The van der Waals surface area contributed by atoms with Gasteiger partial charge in [0.2, 0.25) is 0 Å². The summed E-state index contributed by atoms with van der Waals surface area (Å²) in [7, 11) is 0. The number of aromatic nitrogens is 4. The van der Waals surface area contributed by atoms with Gasteiger partial charge in [-0.15, -0.1) is 0 Å². The van der Waals surface area contributed by atoms with Gasteiger partial charge in [-0.2, -0.15) is 0 Å². The van der Waals surface area contributed by atoms with Crippen LogP contribution in [0.5, 0.6) is 0 Å². The highest BCUT2D eigenvalue weighted by molar-refractivity contribution is 5.54. The van der Waals surface area contributed by atoms with E-state index in [9.17, 15) is 0 Å². The summed E-state index contributed by atoms with van der Waals surface area (Å²) >= 11 is 0. The number of aryl methyl sites for hydroxylation is 2.